The third-order valence-electron chi connectivity index (χ3n) is 5.06. The quantitative estimate of drug-likeness (QED) is 0.824. The highest BCUT2D eigenvalue weighted by Crippen LogP contribution is 2.22. The summed E-state index contributed by atoms with van der Waals surface area (Å²) < 4.78 is 1.94. The number of imidazole rings is 1. The monoisotopic (exact) mass is 368 g/mol. The third kappa shape index (κ3) is 4.38. The summed E-state index contributed by atoms with van der Waals surface area (Å²) in [5.41, 5.74) is 2.19. The molecule has 1 saturated heterocycles. The van der Waals surface area contributed by atoms with Gasteiger partial charge in [-0.15, -0.1) is 0 Å². The second kappa shape index (κ2) is 8.37. The lowest BCUT2D eigenvalue weighted by Gasteiger charge is -2.22. The second-order valence-electron chi connectivity index (χ2n) is 7.32. The number of nitrogens with one attached hydrogen (secondary N) is 1. The number of rotatable bonds is 5. The Hall–Kier alpha value is -2.63. The fourth-order valence-corrected chi connectivity index (χ4v) is 3.53. The molecule has 1 aliphatic heterocycles. The van der Waals surface area contributed by atoms with E-state index in [9.17, 15) is 9.59 Å². The fraction of sp³-hybridized carbons (Fsp3) is 0.476. The summed E-state index contributed by atoms with van der Waals surface area (Å²) in [6.07, 6.45) is 4.50. The van der Waals surface area contributed by atoms with E-state index < -0.39 is 0 Å². The van der Waals surface area contributed by atoms with Crippen molar-refractivity contribution in [2.24, 2.45) is 0 Å². The number of amides is 2. The van der Waals surface area contributed by atoms with Gasteiger partial charge < -0.3 is 14.8 Å². The number of hydrogen-bond donors (Lipinski definition) is 1. The third-order valence-corrected chi connectivity index (χ3v) is 5.06. The van der Waals surface area contributed by atoms with Crippen molar-refractivity contribution in [1.29, 1.82) is 0 Å². The Kier molecular flexibility index (Phi) is 5.94. The van der Waals surface area contributed by atoms with Gasteiger partial charge in [0.15, 0.2) is 0 Å². The molecule has 144 valence electrons. The van der Waals surface area contributed by atoms with E-state index in [2.05, 4.69) is 16.9 Å². The van der Waals surface area contributed by atoms with E-state index in [4.69, 9.17) is 0 Å². The molecule has 6 nitrogen and oxygen atoms in total. The first-order valence-corrected chi connectivity index (χ1v) is 9.66. The van der Waals surface area contributed by atoms with Gasteiger partial charge in [0.1, 0.15) is 12.4 Å². The molecule has 27 heavy (non-hydrogen) atoms. The minimum absolute atomic E-state index is 0.111. The molecule has 1 atom stereocenters. The van der Waals surface area contributed by atoms with Crippen molar-refractivity contribution < 1.29 is 9.59 Å². The van der Waals surface area contributed by atoms with Crippen molar-refractivity contribution in [3.8, 4) is 0 Å². The number of fused-ring (bicyclic) bond motifs is 1. The molecule has 1 aromatic carbocycles. The topological polar surface area (TPSA) is 67.2 Å². The molecule has 0 aliphatic carbocycles. The lowest BCUT2D eigenvalue weighted by molar-refractivity contribution is -0.131. The highest BCUT2D eigenvalue weighted by atomic mass is 16.2. The van der Waals surface area contributed by atoms with E-state index in [1.54, 1.807) is 6.92 Å². The van der Waals surface area contributed by atoms with Gasteiger partial charge >= 0.3 is 0 Å². The fourth-order valence-electron chi connectivity index (χ4n) is 3.53. The molecule has 0 bridgehead atoms. The van der Waals surface area contributed by atoms with Crippen LogP contribution in [0.25, 0.3) is 11.0 Å². The normalized spacial score (nSPS) is 16.0. The molecule has 0 spiro atoms. The Morgan fingerprint density at radius 3 is 2.52 bits per heavy atom. The number of hydrogen-bond acceptors (Lipinski definition) is 3. The Morgan fingerprint density at radius 1 is 1.19 bits per heavy atom. The summed E-state index contributed by atoms with van der Waals surface area (Å²) in [5, 5.41) is 2.91. The van der Waals surface area contributed by atoms with Gasteiger partial charge in [-0.2, -0.15) is 0 Å². The SMILES string of the molecule is C=C(C)C(=O)NC(C)c1nc2ccccc2n1CC(=O)N1CCCCCC1. The Labute approximate surface area is 160 Å². The van der Waals surface area contributed by atoms with Crippen LogP contribution >= 0.6 is 0 Å². The summed E-state index contributed by atoms with van der Waals surface area (Å²) >= 11 is 0. The molecule has 0 radical (unpaired) electrons. The van der Waals surface area contributed by atoms with E-state index in [1.165, 1.54) is 12.8 Å². The molecule has 1 fully saturated rings. The molecular weight excluding hydrogens is 340 g/mol. The van der Waals surface area contributed by atoms with Crippen molar-refractivity contribution in [1.82, 2.24) is 19.8 Å². The summed E-state index contributed by atoms with van der Waals surface area (Å²) in [6.45, 7) is 9.13. The van der Waals surface area contributed by atoms with E-state index in [0.717, 1.165) is 37.0 Å². The predicted molar refractivity (Wildman–Crippen MR) is 106 cm³/mol. The predicted octanol–water partition coefficient (Wildman–Crippen LogP) is 3.19. The molecular formula is C21H28N4O2. The lowest BCUT2D eigenvalue weighted by Crippen LogP contribution is -2.36. The first kappa shape index (κ1) is 19.1. The number of nitrogens with zero attached hydrogens (tertiary/aromatic N) is 3. The maximum Gasteiger partial charge on any atom is 0.246 e. The standard InChI is InChI=1S/C21H28N4O2/c1-15(2)21(27)22-16(3)20-23-17-10-6-7-11-18(17)25(20)14-19(26)24-12-8-4-5-9-13-24/h6-7,10-11,16H,1,4-5,8-9,12-14H2,2-3H3,(H,22,27). The van der Waals surface area contributed by atoms with Crippen LogP contribution in [0.5, 0.6) is 0 Å². The Balaban J connectivity index is 1.89. The van der Waals surface area contributed by atoms with Crippen molar-refractivity contribution in [2.75, 3.05) is 13.1 Å². The zero-order valence-corrected chi connectivity index (χ0v) is 16.2. The van der Waals surface area contributed by atoms with Gasteiger partial charge in [-0.05, 0) is 38.8 Å². The van der Waals surface area contributed by atoms with Crippen LogP contribution in [-0.4, -0.2) is 39.4 Å². The molecule has 1 aliphatic rings. The van der Waals surface area contributed by atoms with Gasteiger partial charge in [-0.3, -0.25) is 9.59 Å². The molecule has 3 rings (SSSR count). The van der Waals surface area contributed by atoms with Gasteiger partial charge in [-0.1, -0.05) is 31.6 Å². The highest BCUT2D eigenvalue weighted by Gasteiger charge is 2.22. The number of carbonyl (C=O) groups is 2. The van der Waals surface area contributed by atoms with E-state index in [0.29, 0.717) is 11.4 Å². The first-order valence-electron chi connectivity index (χ1n) is 9.66. The van der Waals surface area contributed by atoms with E-state index >= 15 is 0 Å². The number of likely N-dealkylation sites (tertiary alicyclic amines) is 1. The first-order chi connectivity index (χ1) is 13.0. The molecule has 2 amide bonds. The highest BCUT2D eigenvalue weighted by molar-refractivity contribution is 5.92. The minimum atomic E-state index is -0.321. The largest absolute Gasteiger partial charge is 0.343 e. The zero-order chi connectivity index (χ0) is 19.4. The van der Waals surface area contributed by atoms with Crippen molar-refractivity contribution >= 4 is 22.8 Å². The molecule has 1 aromatic heterocycles. The van der Waals surface area contributed by atoms with Crippen LogP contribution in [0.4, 0.5) is 0 Å². The van der Waals surface area contributed by atoms with Crippen LogP contribution in [0.2, 0.25) is 0 Å². The maximum absolute atomic E-state index is 12.9. The van der Waals surface area contributed by atoms with Crippen LogP contribution in [0.15, 0.2) is 36.4 Å². The van der Waals surface area contributed by atoms with Crippen LogP contribution < -0.4 is 5.32 Å². The van der Waals surface area contributed by atoms with Crippen LogP contribution in [0, 0.1) is 0 Å². The Morgan fingerprint density at radius 2 is 1.85 bits per heavy atom. The van der Waals surface area contributed by atoms with Crippen molar-refractivity contribution in [2.45, 2.75) is 52.1 Å². The number of para-hydroxylation sites is 2. The van der Waals surface area contributed by atoms with Gasteiger partial charge in [0.2, 0.25) is 11.8 Å². The van der Waals surface area contributed by atoms with Gasteiger partial charge in [-0.25, -0.2) is 4.98 Å². The summed E-state index contributed by atoms with van der Waals surface area (Å²) in [4.78, 5) is 31.6. The smallest absolute Gasteiger partial charge is 0.246 e. The van der Waals surface area contributed by atoms with Crippen LogP contribution in [0.1, 0.15) is 51.4 Å². The number of carbonyl (C=O) groups excluding carboxylic acids is 2. The summed E-state index contributed by atoms with van der Waals surface area (Å²) in [7, 11) is 0. The lowest BCUT2D eigenvalue weighted by atomic mass is 10.2. The second-order valence-corrected chi connectivity index (χ2v) is 7.32. The Bertz CT molecular complexity index is 847. The van der Waals surface area contributed by atoms with Crippen molar-refractivity contribution in [3.63, 3.8) is 0 Å². The molecule has 0 saturated carbocycles. The van der Waals surface area contributed by atoms with E-state index in [1.807, 2.05) is 40.7 Å². The number of aromatic nitrogens is 2. The average Bonchev–Trinajstić information content (AvgIpc) is 2.82. The molecule has 1 N–H and O–H groups in total. The van der Waals surface area contributed by atoms with Crippen LogP contribution in [-0.2, 0) is 16.1 Å². The summed E-state index contributed by atoms with van der Waals surface area (Å²) in [6, 6.07) is 7.45. The van der Waals surface area contributed by atoms with Gasteiger partial charge in [0, 0.05) is 18.7 Å². The molecule has 1 unspecified atom stereocenters. The van der Waals surface area contributed by atoms with E-state index in [-0.39, 0.29) is 24.4 Å². The minimum Gasteiger partial charge on any atom is -0.343 e. The van der Waals surface area contributed by atoms with Crippen molar-refractivity contribution in [3.05, 3.63) is 42.2 Å². The van der Waals surface area contributed by atoms with Gasteiger partial charge in [0.05, 0.1) is 17.1 Å². The number of benzene rings is 1. The average molecular weight is 368 g/mol. The molecule has 6 heteroatoms. The maximum atomic E-state index is 12.9. The zero-order valence-electron chi connectivity index (χ0n) is 16.2. The van der Waals surface area contributed by atoms with Gasteiger partial charge in [0.25, 0.3) is 0 Å². The van der Waals surface area contributed by atoms with Crippen LogP contribution in [0.3, 0.4) is 0 Å². The molecule has 2 aromatic rings. The molecule has 2 heterocycles. The summed E-state index contributed by atoms with van der Waals surface area (Å²) in [5.74, 6) is 0.591.